The molecule has 0 N–H and O–H groups in total. The SMILES string of the molecule is CCSC(C)C(=O)N1CCc2c(nc(-c3ccncc3)nc2N(C)C)C1. The summed E-state index contributed by atoms with van der Waals surface area (Å²) in [5.41, 5.74) is 3.03. The van der Waals surface area contributed by atoms with Gasteiger partial charge in [-0.15, -0.1) is 11.8 Å². The van der Waals surface area contributed by atoms with Crippen LogP contribution in [-0.2, 0) is 17.8 Å². The van der Waals surface area contributed by atoms with Gasteiger partial charge in [-0.05, 0) is 31.2 Å². The van der Waals surface area contributed by atoms with E-state index in [1.807, 2.05) is 43.0 Å². The topological polar surface area (TPSA) is 62.2 Å². The summed E-state index contributed by atoms with van der Waals surface area (Å²) in [5.74, 6) is 2.75. The number of thioether (sulfide) groups is 1. The van der Waals surface area contributed by atoms with Crippen molar-refractivity contribution in [1.82, 2.24) is 19.9 Å². The van der Waals surface area contributed by atoms with Gasteiger partial charge in [-0.2, -0.15) is 0 Å². The first-order chi connectivity index (χ1) is 12.5. The molecule has 7 heteroatoms. The molecule has 6 nitrogen and oxygen atoms in total. The molecule has 26 heavy (non-hydrogen) atoms. The summed E-state index contributed by atoms with van der Waals surface area (Å²) in [6.45, 7) is 5.33. The van der Waals surface area contributed by atoms with E-state index in [9.17, 15) is 4.79 Å². The number of amides is 1. The van der Waals surface area contributed by atoms with Crippen LogP contribution < -0.4 is 4.90 Å². The van der Waals surface area contributed by atoms with Crippen LogP contribution in [0.2, 0.25) is 0 Å². The van der Waals surface area contributed by atoms with E-state index < -0.39 is 0 Å². The van der Waals surface area contributed by atoms with Crippen molar-refractivity contribution in [3.05, 3.63) is 35.8 Å². The molecule has 138 valence electrons. The lowest BCUT2D eigenvalue weighted by molar-refractivity contribution is -0.131. The summed E-state index contributed by atoms with van der Waals surface area (Å²) in [5, 5.41) is -0.0172. The Kier molecular flexibility index (Phi) is 5.76. The number of anilines is 1. The van der Waals surface area contributed by atoms with Gasteiger partial charge >= 0.3 is 0 Å². The van der Waals surface area contributed by atoms with Crippen molar-refractivity contribution >= 4 is 23.5 Å². The highest BCUT2D eigenvalue weighted by Crippen LogP contribution is 2.29. The normalized spacial score (nSPS) is 14.7. The minimum Gasteiger partial charge on any atom is -0.362 e. The maximum atomic E-state index is 12.7. The van der Waals surface area contributed by atoms with Crippen LogP contribution in [0.15, 0.2) is 24.5 Å². The maximum Gasteiger partial charge on any atom is 0.235 e. The Morgan fingerprint density at radius 1 is 1.31 bits per heavy atom. The number of carbonyl (C=O) groups is 1. The molecule has 0 bridgehead atoms. The third kappa shape index (κ3) is 3.82. The zero-order valence-corrected chi connectivity index (χ0v) is 16.6. The Hall–Kier alpha value is -2.15. The molecule has 1 aliphatic rings. The summed E-state index contributed by atoms with van der Waals surface area (Å²) in [4.78, 5) is 30.3. The average Bonchev–Trinajstić information content (AvgIpc) is 2.66. The lowest BCUT2D eigenvalue weighted by atomic mass is 10.0. The first kappa shape index (κ1) is 18.6. The molecule has 1 aliphatic heterocycles. The van der Waals surface area contributed by atoms with Crippen LogP contribution in [0.5, 0.6) is 0 Å². The van der Waals surface area contributed by atoms with Gasteiger partial charge in [0.1, 0.15) is 5.82 Å². The molecule has 2 aromatic rings. The van der Waals surface area contributed by atoms with E-state index in [0.29, 0.717) is 12.4 Å². The summed E-state index contributed by atoms with van der Waals surface area (Å²) in [6, 6.07) is 3.82. The third-order valence-electron chi connectivity index (χ3n) is 4.48. The van der Waals surface area contributed by atoms with E-state index in [4.69, 9.17) is 9.97 Å². The van der Waals surface area contributed by atoms with E-state index in [-0.39, 0.29) is 11.2 Å². The quantitative estimate of drug-likeness (QED) is 0.805. The molecule has 1 amide bonds. The summed E-state index contributed by atoms with van der Waals surface area (Å²) >= 11 is 1.68. The fourth-order valence-corrected chi connectivity index (χ4v) is 3.97. The molecule has 2 aromatic heterocycles. The maximum absolute atomic E-state index is 12.7. The minimum absolute atomic E-state index is 0.0172. The van der Waals surface area contributed by atoms with Gasteiger partial charge in [0, 0.05) is 44.2 Å². The number of fused-ring (bicyclic) bond motifs is 1. The van der Waals surface area contributed by atoms with Gasteiger partial charge in [0.05, 0.1) is 17.5 Å². The van der Waals surface area contributed by atoms with Gasteiger partial charge in [0.2, 0.25) is 5.91 Å². The molecular weight excluding hydrogens is 346 g/mol. The predicted octanol–water partition coefficient (Wildman–Crippen LogP) is 2.63. The Morgan fingerprint density at radius 3 is 2.69 bits per heavy atom. The van der Waals surface area contributed by atoms with Crippen molar-refractivity contribution in [2.75, 3.05) is 31.3 Å². The molecule has 0 saturated carbocycles. The Bertz CT molecular complexity index is 781. The number of hydrogen-bond acceptors (Lipinski definition) is 6. The van der Waals surface area contributed by atoms with Crippen LogP contribution in [0.25, 0.3) is 11.4 Å². The van der Waals surface area contributed by atoms with Crippen LogP contribution in [-0.4, -0.2) is 57.4 Å². The zero-order chi connectivity index (χ0) is 18.7. The highest BCUT2D eigenvalue weighted by atomic mass is 32.2. The monoisotopic (exact) mass is 371 g/mol. The molecule has 1 atom stereocenters. The highest BCUT2D eigenvalue weighted by Gasteiger charge is 2.28. The van der Waals surface area contributed by atoms with Crippen molar-refractivity contribution in [3.63, 3.8) is 0 Å². The predicted molar refractivity (Wildman–Crippen MR) is 106 cm³/mol. The number of hydrogen-bond donors (Lipinski definition) is 0. The van der Waals surface area contributed by atoms with Crippen molar-refractivity contribution < 1.29 is 4.79 Å². The summed E-state index contributed by atoms with van der Waals surface area (Å²) < 4.78 is 0. The van der Waals surface area contributed by atoms with E-state index in [2.05, 4.69) is 11.9 Å². The molecule has 0 aromatic carbocycles. The van der Waals surface area contributed by atoms with Crippen molar-refractivity contribution in [2.24, 2.45) is 0 Å². The van der Waals surface area contributed by atoms with Gasteiger partial charge in [-0.3, -0.25) is 9.78 Å². The van der Waals surface area contributed by atoms with Crippen molar-refractivity contribution in [3.8, 4) is 11.4 Å². The first-order valence-corrected chi connectivity index (χ1v) is 9.94. The number of pyridine rings is 1. The molecule has 3 rings (SSSR count). The standard InChI is InChI=1S/C19H25N5OS/c1-5-26-13(2)19(25)24-11-8-15-16(12-24)21-17(22-18(15)23(3)4)14-6-9-20-10-7-14/h6-7,9-10,13H,5,8,11-12H2,1-4H3. The highest BCUT2D eigenvalue weighted by molar-refractivity contribution is 8.00. The molecule has 0 saturated heterocycles. The fourth-order valence-electron chi connectivity index (χ4n) is 3.18. The lowest BCUT2D eigenvalue weighted by Crippen LogP contribution is -2.41. The van der Waals surface area contributed by atoms with Gasteiger partial charge in [0.25, 0.3) is 0 Å². The van der Waals surface area contributed by atoms with Crippen LogP contribution in [0.3, 0.4) is 0 Å². The number of nitrogens with zero attached hydrogens (tertiary/aromatic N) is 5. The van der Waals surface area contributed by atoms with Gasteiger partial charge in [-0.25, -0.2) is 9.97 Å². The van der Waals surface area contributed by atoms with E-state index in [1.165, 1.54) is 0 Å². The van der Waals surface area contributed by atoms with Crippen molar-refractivity contribution in [2.45, 2.75) is 32.1 Å². The third-order valence-corrected chi connectivity index (χ3v) is 5.52. The van der Waals surface area contributed by atoms with E-state index >= 15 is 0 Å². The molecule has 0 fully saturated rings. The molecule has 0 spiro atoms. The fraction of sp³-hybridized carbons (Fsp3) is 0.474. The Labute approximate surface area is 159 Å². The Morgan fingerprint density at radius 2 is 2.04 bits per heavy atom. The summed E-state index contributed by atoms with van der Waals surface area (Å²) in [6.07, 6.45) is 4.27. The molecule has 3 heterocycles. The van der Waals surface area contributed by atoms with Gasteiger partial charge < -0.3 is 9.80 Å². The molecule has 1 unspecified atom stereocenters. The van der Waals surface area contributed by atoms with E-state index in [1.54, 1.807) is 24.2 Å². The number of carbonyl (C=O) groups excluding carboxylic acids is 1. The summed E-state index contributed by atoms with van der Waals surface area (Å²) in [7, 11) is 3.99. The Balaban J connectivity index is 1.95. The van der Waals surface area contributed by atoms with Crippen LogP contribution in [0.4, 0.5) is 5.82 Å². The number of aromatic nitrogens is 3. The van der Waals surface area contributed by atoms with Gasteiger partial charge in [0.15, 0.2) is 5.82 Å². The van der Waals surface area contributed by atoms with Crippen LogP contribution >= 0.6 is 11.8 Å². The smallest absolute Gasteiger partial charge is 0.235 e. The van der Waals surface area contributed by atoms with Gasteiger partial charge in [-0.1, -0.05) is 6.92 Å². The average molecular weight is 372 g/mol. The molecule has 0 radical (unpaired) electrons. The zero-order valence-electron chi connectivity index (χ0n) is 15.8. The second kappa shape index (κ2) is 8.03. The minimum atomic E-state index is -0.0172. The number of rotatable bonds is 5. The molecular formula is C19H25N5OS. The largest absolute Gasteiger partial charge is 0.362 e. The first-order valence-electron chi connectivity index (χ1n) is 8.89. The van der Waals surface area contributed by atoms with Crippen molar-refractivity contribution in [1.29, 1.82) is 0 Å². The second-order valence-electron chi connectivity index (χ2n) is 6.53. The van der Waals surface area contributed by atoms with Crippen LogP contribution in [0.1, 0.15) is 25.1 Å². The lowest BCUT2D eigenvalue weighted by Gasteiger charge is -2.32. The molecule has 0 aliphatic carbocycles. The second-order valence-corrected chi connectivity index (χ2v) is 8.15. The van der Waals surface area contributed by atoms with Crippen LogP contribution in [0, 0.1) is 0 Å². The van der Waals surface area contributed by atoms with E-state index in [0.717, 1.165) is 41.4 Å².